The minimum atomic E-state index is -4.67. The summed E-state index contributed by atoms with van der Waals surface area (Å²) in [6, 6.07) is 5.37. The van der Waals surface area contributed by atoms with Gasteiger partial charge in [-0.25, -0.2) is 18.4 Å². The number of nitrogens with one attached hydrogen (secondary N) is 1. The second kappa shape index (κ2) is 12.5. The van der Waals surface area contributed by atoms with Crippen LogP contribution < -0.4 is 5.32 Å². The molecule has 3 aromatic rings. The van der Waals surface area contributed by atoms with Crippen LogP contribution in [0, 0.1) is 0 Å². The van der Waals surface area contributed by atoms with Gasteiger partial charge < -0.3 is 10.1 Å². The van der Waals surface area contributed by atoms with Gasteiger partial charge in [0.05, 0.1) is 24.2 Å². The van der Waals surface area contributed by atoms with E-state index in [9.17, 15) is 31.5 Å². The van der Waals surface area contributed by atoms with E-state index >= 15 is 0 Å². The van der Waals surface area contributed by atoms with Crippen LogP contribution >= 0.6 is 11.3 Å². The number of carbonyl (C=O) groups is 2. The van der Waals surface area contributed by atoms with Gasteiger partial charge in [0.15, 0.2) is 5.69 Å². The van der Waals surface area contributed by atoms with Crippen molar-refractivity contribution in [3.63, 3.8) is 0 Å². The zero-order valence-electron chi connectivity index (χ0n) is 23.4. The van der Waals surface area contributed by atoms with E-state index in [2.05, 4.69) is 15.4 Å². The monoisotopic (exact) mass is 613 g/mol. The molecule has 0 saturated carbocycles. The van der Waals surface area contributed by atoms with E-state index in [0.29, 0.717) is 13.0 Å². The molecule has 0 bridgehead atoms. The average molecular weight is 614 g/mol. The number of amides is 1. The SMILES string of the molecule is CC(C)(C)OC(=O)C[C@H](CCN1CCCC(F)(F)C1)NC(=O)c1cc(-c2ccccc2C(F)(F)F)n(-c2nccs2)n1. The number of benzene rings is 1. The molecule has 1 aliphatic heterocycles. The van der Waals surface area contributed by atoms with Gasteiger partial charge in [0, 0.05) is 36.1 Å². The highest BCUT2D eigenvalue weighted by Gasteiger charge is 2.36. The first-order valence-electron chi connectivity index (χ1n) is 13.4. The highest BCUT2D eigenvalue weighted by Crippen LogP contribution is 2.38. The quantitative estimate of drug-likeness (QED) is 0.237. The molecule has 8 nitrogen and oxygen atoms in total. The summed E-state index contributed by atoms with van der Waals surface area (Å²) in [5.74, 6) is -4.15. The van der Waals surface area contributed by atoms with Gasteiger partial charge in [-0.2, -0.15) is 18.3 Å². The fourth-order valence-electron chi connectivity index (χ4n) is 4.75. The third kappa shape index (κ3) is 8.34. The summed E-state index contributed by atoms with van der Waals surface area (Å²) in [5.41, 5.74) is -2.08. The molecule has 42 heavy (non-hydrogen) atoms. The van der Waals surface area contributed by atoms with Crippen LogP contribution in [0.3, 0.4) is 0 Å². The Balaban J connectivity index is 1.61. The Bertz CT molecular complexity index is 1390. The average Bonchev–Trinajstić information content (AvgIpc) is 3.55. The molecule has 0 unspecified atom stereocenters. The van der Waals surface area contributed by atoms with Crippen molar-refractivity contribution in [3.05, 3.63) is 53.2 Å². The molecule has 1 amide bonds. The number of carbonyl (C=O) groups excluding carboxylic acids is 2. The molecule has 14 heteroatoms. The van der Waals surface area contributed by atoms with Crippen molar-refractivity contribution >= 4 is 23.2 Å². The largest absolute Gasteiger partial charge is 0.460 e. The molecule has 3 heterocycles. The standard InChI is InChI=1S/C28H32F5N5O3S/c1-26(2,3)41-23(39)15-18(9-13-37-12-6-10-27(29,30)17-37)35-24(40)21-16-22(38(36-21)25-34-11-14-42-25)19-7-4-5-8-20(19)28(31,32)33/h4-5,7-8,11,14,16,18H,6,9-10,12-13,15,17H2,1-3H3,(H,35,40)/t18-/m0/s1. The number of hydrogen-bond donors (Lipinski definition) is 1. The normalized spacial score (nSPS) is 16.7. The van der Waals surface area contributed by atoms with Crippen LogP contribution in [0.4, 0.5) is 22.0 Å². The third-order valence-electron chi connectivity index (χ3n) is 6.48. The van der Waals surface area contributed by atoms with Crippen LogP contribution in [0.25, 0.3) is 16.4 Å². The summed E-state index contributed by atoms with van der Waals surface area (Å²) in [4.78, 5) is 31.8. The Morgan fingerprint density at radius 3 is 2.57 bits per heavy atom. The molecule has 1 fully saturated rings. The van der Waals surface area contributed by atoms with Crippen molar-refractivity contribution in [1.29, 1.82) is 0 Å². The van der Waals surface area contributed by atoms with E-state index in [-0.39, 0.29) is 47.9 Å². The van der Waals surface area contributed by atoms with E-state index in [4.69, 9.17) is 4.74 Å². The Hall–Kier alpha value is -3.39. The van der Waals surface area contributed by atoms with E-state index in [1.54, 1.807) is 31.1 Å². The second-order valence-electron chi connectivity index (χ2n) is 11.2. The minimum Gasteiger partial charge on any atom is -0.460 e. The number of halogens is 5. The Kier molecular flexibility index (Phi) is 9.36. The van der Waals surface area contributed by atoms with Crippen LogP contribution in [0.5, 0.6) is 0 Å². The number of ether oxygens (including phenoxy) is 1. The van der Waals surface area contributed by atoms with Gasteiger partial charge >= 0.3 is 12.1 Å². The van der Waals surface area contributed by atoms with Gasteiger partial charge in [0.1, 0.15) is 5.60 Å². The van der Waals surface area contributed by atoms with Crippen LogP contribution in [0.15, 0.2) is 41.9 Å². The van der Waals surface area contributed by atoms with Crippen molar-refractivity contribution in [2.75, 3.05) is 19.6 Å². The lowest BCUT2D eigenvalue weighted by molar-refractivity contribution is -0.155. The maximum atomic E-state index is 13.9. The number of rotatable bonds is 9. The Labute approximate surface area is 243 Å². The van der Waals surface area contributed by atoms with Gasteiger partial charge in [-0.1, -0.05) is 18.2 Å². The predicted octanol–water partition coefficient (Wildman–Crippen LogP) is 5.97. The molecule has 0 radical (unpaired) electrons. The molecule has 1 aliphatic rings. The first kappa shape index (κ1) is 31.5. The molecule has 1 atom stereocenters. The number of nitrogens with zero attached hydrogens (tertiary/aromatic N) is 4. The summed E-state index contributed by atoms with van der Waals surface area (Å²) in [5, 5.41) is 8.87. The number of alkyl halides is 5. The molecule has 0 spiro atoms. The summed E-state index contributed by atoms with van der Waals surface area (Å²) in [6.45, 7) is 5.32. The number of aromatic nitrogens is 3. The zero-order chi connectivity index (χ0) is 30.7. The number of hydrogen-bond acceptors (Lipinski definition) is 7. The summed E-state index contributed by atoms with van der Waals surface area (Å²) >= 11 is 1.12. The van der Waals surface area contributed by atoms with Crippen LogP contribution in [-0.4, -0.2) is 68.7 Å². The molecule has 4 rings (SSSR count). The maximum absolute atomic E-state index is 13.9. The lowest BCUT2D eigenvalue weighted by Gasteiger charge is -2.33. The van der Waals surface area contributed by atoms with Gasteiger partial charge in [-0.15, -0.1) is 11.3 Å². The lowest BCUT2D eigenvalue weighted by atomic mass is 10.0. The number of thiazole rings is 1. The van der Waals surface area contributed by atoms with E-state index < -0.39 is 47.7 Å². The fraction of sp³-hybridized carbons (Fsp3) is 0.500. The van der Waals surface area contributed by atoms with Gasteiger partial charge in [-0.3, -0.25) is 14.5 Å². The summed E-state index contributed by atoms with van der Waals surface area (Å²) < 4.78 is 76.0. The predicted molar refractivity (Wildman–Crippen MR) is 147 cm³/mol. The molecule has 1 saturated heterocycles. The molecule has 1 aromatic carbocycles. The minimum absolute atomic E-state index is 0.00210. The smallest absolute Gasteiger partial charge is 0.417 e. The number of piperidine rings is 1. The maximum Gasteiger partial charge on any atom is 0.417 e. The second-order valence-corrected chi connectivity index (χ2v) is 12.0. The molecule has 1 N–H and O–H groups in total. The van der Waals surface area contributed by atoms with E-state index in [1.807, 2.05) is 0 Å². The highest BCUT2D eigenvalue weighted by atomic mass is 32.1. The van der Waals surface area contributed by atoms with Crippen molar-refractivity contribution in [2.24, 2.45) is 0 Å². The fourth-order valence-corrected chi connectivity index (χ4v) is 5.35. The first-order chi connectivity index (χ1) is 19.6. The van der Waals surface area contributed by atoms with Crippen molar-refractivity contribution in [3.8, 4) is 16.4 Å². The van der Waals surface area contributed by atoms with Gasteiger partial charge in [0.2, 0.25) is 5.13 Å². The number of esters is 1. The lowest BCUT2D eigenvalue weighted by Crippen LogP contribution is -2.45. The number of likely N-dealkylation sites (tertiary alicyclic amines) is 1. The first-order valence-corrected chi connectivity index (χ1v) is 14.3. The third-order valence-corrected chi connectivity index (χ3v) is 7.23. The van der Waals surface area contributed by atoms with Crippen molar-refractivity contribution < 1.29 is 36.3 Å². The molecule has 0 aliphatic carbocycles. The van der Waals surface area contributed by atoms with Gasteiger partial charge in [-0.05, 0) is 52.3 Å². The van der Waals surface area contributed by atoms with Crippen LogP contribution in [-0.2, 0) is 15.7 Å². The molecular weight excluding hydrogens is 581 g/mol. The Morgan fingerprint density at radius 2 is 1.93 bits per heavy atom. The van der Waals surface area contributed by atoms with E-state index in [0.717, 1.165) is 17.4 Å². The van der Waals surface area contributed by atoms with E-state index in [1.165, 1.54) is 35.1 Å². The topological polar surface area (TPSA) is 89.4 Å². The summed E-state index contributed by atoms with van der Waals surface area (Å²) in [7, 11) is 0. The highest BCUT2D eigenvalue weighted by molar-refractivity contribution is 7.12. The van der Waals surface area contributed by atoms with Crippen molar-refractivity contribution in [1.82, 2.24) is 25.0 Å². The van der Waals surface area contributed by atoms with Gasteiger partial charge in [0.25, 0.3) is 11.8 Å². The Morgan fingerprint density at radius 1 is 1.19 bits per heavy atom. The molecular formula is C28H32F5N5O3S. The van der Waals surface area contributed by atoms with Crippen LogP contribution in [0.1, 0.15) is 62.5 Å². The summed E-state index contributed by atoms with van der Waals surface area (Å²) in [6.07, 6.45) is -3.14. The van der Waals surface area contributed by atoms with Crippen LogP contribution in [0.2, 0.25) is 0 Å². The zero-order valence-corrected chi connectivity index (χ0v) is 24.2. The van der Waals surface area contributed by atoms with Crippen molar-refractivity contribution in [2.45, 2.75) is 70.2 Å². The molecule has 2 aromatic heterocycles. The molecule has 228 valence electrons.